The van der Waals surface area contributed by atoms with E-state index >= 15 is 0 Å². The molecule has 4 rings (SSSR count). The van der Waals surface area contributed by atoms with E-state index in [1.54, 1.807) is 4.90 Å². The van der Waals surface area contributed by atoms with E-state index in [0.717, 1.165) is 11.0 Å². The van der Waals surface area contributed by atoms with Gasteiger partial charge in [0.05, 0.1) is 41.6 Å². The Labute approximate surface area is 150 Å². The van der Waals surface area contributed by atoms with Crippen molar-refractivity contribution in [3.8, 4) is 6.07 Å². The summed E-state index contributed by atoms with van der Waals surface area (Å²) in [7, 11) is 0. The number of amides is 2. The number of hydrogen-bond donors (Lipinski definition) is 2. The number of nitrogens with one attached hydrogen (secondary N) is 1. The van der Waals surface area contributed by atoms with E-state index in [4.69, 9.17) is 5.26 Å². The van der Waals surface area contributed by atoms with E-state index in [9.17, 15) is 14.7 Å². The number of hydrogen-bond acceptors (Lipinski definition) is 5. The average Bonchev–Trinajstić information content (AvgIpc) is 3.16. The summed E-state index contributed by atoms with van der Waals surface area (Å²) in [6.45, 7) is 0.946. The van der Waals surface area contributed by atoms with Crippen molar-refractivity contribution in [2.45, 2.75) is 31.4 Å². The maximum atomic E-state index is 12.6. The summed E-state index contributed by atoms with van der Waals surface area (Å²) in [5, 5.41) is 21.9. The molecule has 134 valence electrons. The van der Waals surface area contributed by atoms with E-state index in [-0.39, 0.29) is 31.2 Å². The molecule has 2 unspecified atom stereocenters. The maximum Gasteiger partial charge on any atom is 0.232 e. The molecule has 2 atom stereocenters. The van der Waals surface area contributed by atoms with Crippen molar-refractivity contribution in [3.05, 3.63) is 24.3 Å². The lowest BCUT2D eigenvalue weighted by molar-refractivity contribution is -0.135. The summed E-state index contributed by atoms with van der Waals surface area (Å²) in [5.74, 6) is -0.374. The molecule has 0 aliphatic carbocycles. The summed E-state index contributed by atoms with van der Waals surface area (Å²) in [4.78, 5) is 30.9. The first-order valence-electron chi connectivity index (χ1n) is 8.62. The molecule has 2 aliphatic heterocycles. The van der Waals surface area contributed by atoms with Gasteiger partial charge in [0.15, 0.2) is 0 Å². The van der Waals surface area contributed by atoms with Crippen LogP contribution in [0.4, 0.5) is 5.95 Å². The Kier molecular flexibility index (Phi) is 3.89. The molecular weight excluding hydrogens is 334 g/mol. The Morgan fingerprint density at radius 2 is 2.27 bits per heavy atom. The molecule has 8 heteroatoms. The summed E-state index contributed by atoms with van der Waals surface area (Å²) < 4.78 is 1.92. The minimum absolute atomic E-state index is 0.00504. The van der Waals surface area contributed by atoms with E-state index < -0.39 is 11.5 Å². The van der Waals surface area contributed by atoms with Gasteiger partial charge in [-0.15, -0.1) is 0 Å². The molecule has 2 aromatic rings. The van der Waals surface area contributed by atoms with Crippen LogP contribution in [0.3, 0.4) is 0 Å². The predicted octanol–water partition coefficient (Wildman–Crippen LogP) is 0.872. The lowest BCUT2D eigenvalue weighted by Gasteiger charge is -2.26. The number of aromatic nitrogens is 2. The van der Waals surface area contributed by atoms with Gasteiger partial charge in [0, 0.05) is 19.5 Å². The molecule has 3 heterocycles. The van der Waals surface area contributed by atoms with Gasteiger partial charge >= 0.3 is 0 Å². The number of rotatable bonds is 3. The molecule has 1 fully saturated rings. The molecule has 1 saturated heterocycles. The van der Waals surface area contributed by atoms with Crippen LogP contribution in [0.2, 0.25) is 0 Å². The molecular formula is C18H19N5O3. The van der Waals surface area contributed by atoms with Crippen molar-refractivity contribution in [1.29, 1.82) is 5.26 Å². The monoisotopic (exact) mass is 353 g/mol. The lowest BCUT2D eigenvalue weighted by Crippen LogP contribution is -2.40. The largest absolute Gasteiger partial charge is 0.387 e. The van der Waals surface area contributed by atoms with Gasteiger partial charge in [-0.05, 0) is 18.6 Å². The van der Waals surface area contributed by atoms with E-state index in [1.807, 2.05) is 34.9 Å². The minimum atomic E-state index is -1.13. The van der Waals surface area contributed by atoms with Gasteiger partial charge in [-0.25, -0.2) is 4.98 Å². The van der Waals surface area contributed by atoms with Crippen LogP contribution in [0, 0.1) is 17.2 Å². The van der Waals surface area contributed by atoms with Crippen LogP contribution < -0.4 is 5.32 Å². The van der Waals surface area contributed by atoms with Gasteiger partial charge in [0.2, 0.25) is 17.8 Å². The molecule has 26 heavy (non-hydrogen) atoms. The Hall–Kier alpha value is -2.92. The van der Waals surface area contributed by atoms with Crippen molar-refractivity contribution >= 4 is 28.8 Å². The van der Waals surface area contributed by atoms with Gasteiger partial charge in [-0.3, -0.25) is 14.9 Å². The first kappa shape index (κ1) is 16.5. The number of nitrogens with zero attached hydrogens (tertiary/aromatic N) is 4. The number of nitriles is 1. The summed E-state index contributed by atoms with van der Waals surface area (Å²) in [5.41, 5.74) is 0.591. The third kappa shape index (κ3) is 2.80. The molecule has 2 aliphatic rings. The molecule has 2 amide bonds. The molecule has 0 saturated carbocycles. The van der Waals surface area contributed by atoms with Gasteiger partial charge < -0.3 is 14.6 Å². The fourth-order valence-electron chi connectivity index (χ4n) is 3.73. The number of β-amino-alcohol motifs (C(OH)–C–C–N with tert-alkyl or cyclic N) is 1. The topological polar surface area (TPSA) is 111 Å². The minimum Gasteiger partial charge on any atom is -0.387 e. The van der Waals surface area contributed by atoms with Crippen LogP contribution in [0.15, 0.2) is 24.3 Å². The molecule has 0 spiro atoms. The summed E-state index contributed by atoms with van der Waals surface area (Å²) in [6.07, 6.45) is 0.463. The second kappa shape index (κ2) is 6.11. The molecule has 0 bridgehead atoms. The first-order chi connectivity index (χ1) is 12.5. The smallest absolute Gasteiger partial charge is 0.232 e. The van der Waals surface area contributed by atoms with E-state index in [0.29, 0.717) is 25.5 Å². The summed E-state index contributed by atoms with van der Waals surface area (Å²) >= 11 is 0. The highest BCUT2D eigenvalue weighted by Crippen LogP contribution is 2.29. The van der Waals surface area contributed by atoms with E-state index in [1.165, 1.54) is 0 Å². The first-order valence-corrected chi connectivity index (χ1v) is 8.62. The zero-order chi connectivity index (χ0) is 18.3. The fraction of sp³-hybridized carbons (Fsp3) is 0.444. The number of anilines is 1. The molecule has 1 aromatic carbocycles. The molecule has 2 N–H and O–H groups in total. The number of carbonyl (C=O) groups excluding carboxylic acids is 2. The lowest BCUT2D eigenvalue weighted by atomic mass is 10.00. The SMILES string of the molecule is N#CCC1(O)CCN(C(=O)CC2Cn3c(nc4ccccc43)NC2=O)C1. The van der Waals surface area contributed by atoms with Gasteiger partial charge in [-0.2, -0.15) is 5.26 Å². The fourth-order valence-corrected chi connectivity index (χ4v) is 3.73. The number of carbonyl (C=O) groups is 2. The molecule has 0 radical (unpaired) electrons. The van der Waals surface area contributed by atoms with Crippen LogP contribution in [0.1, 0.15) is 19.3 Å². The number of fused-ring (bicyclic) bond motifs is 3. The highest BCUT2D eigenvalue weighted by Gasteiger charge is 2.39. The third-order valence-electron chi connectivity index (χ3n) is 5.18. The van der Waals surface area contributed by atoms with Crippen molar-refractivity contribution < 1.29 is 14.7 Å². The predicted molar refractivity (Wildman–Crippen MR) is 92.8 cm³/mol. The Morgan fingerprint density at radius 3 is 3.08 bits per heavy atom. The maximum absolute atomic E-state index is 12.6. The Balaban J connectivity index is 1.48. The third-order valence-corrected chi connectivity index (χ3v) is 5.18. The number of imidazole rings is 1. The van der Waals surface area contributed by atoms with E-state index in [2.05, 4.69) is 10.3 Å². The quantitative estimate of drug-likeness (QED) is 0.850. The highest BCUT2D eigenvalue weighted by molar-refractivity contribution is 5.97. The van der Waals surface area contributed by atoms with Gasteiger partial charge in [-0.1, -0.05) is 12.1 Å². The second-order valence-corrected chi connectivity index (χ2v) is 7.05. The number of aliphatic hydroxyl groups is 1. The number of benzene rings is 1. The van der Waals surface area contributed by atoms with Crippen LogP contribution >= 0.6 is 0 Å². The molecule has 1 aromatic heterocycles. The van der Waals surface area contributed by atoms with Crippen LogP contribution in [-0.4, -0.2) is 50.1 Å². The molecule has 8 nitrogen and oxygen atoms in total. The van der Waals surface area contributed by atoms with Crippen molar-refractivity contribution in [1.82, 2.24) is 14.5 Å². The zero-order valence-electron chi connectivity index (χ0n) is 14.2. The standard InChI is InChI=1S/C18H19N5O3/c19-7-5-18(26)6-8-22(11-18)15(24)9-12-10-23-14-4-2-1-3-13(14)20-17(23)21-16(12)25/h1-4,12,26H,5-6,8-11H2,(H,20,21,25). The number of para-hydroxylation sites is 2. The van der Waals surface area contributed by atoms with Gasteiger partial charge in [0.1, 0.15) is 0 Å². The Bertz CT molecular complexity index is 931. The zero-order valence-corrected chi connectivity index (χ0v) is 14.2. The number of likely N-dealkylation sites (tertiary alicyclic amines) is 1. The van der Waals surface area contributed by atoms with Crippen molar-refractivity contribution in [3.63, 3.8) is 0 Å². The normalized spacial score (nSPS) is 25.0. The Morgan fingerprint density at radius 1 is 1.46 bits per heavy atom. The second-order valence-electron chi connectivity index (χ2n) is 7.05. The van der Waals surface area contributed by atoms with Crippen molar-refractivity contribution in [2.75, 3.05) is 18.4 Å². The van der Waals surface area contributed by atoms with Crippen molar-refractivity contribution in [2.24, 2.45) is 5.92 Å². The van der Waals surface area contributed by atoms with Gasteiger partial charge in [0.25, 0.3) is 0 Å². The van der Waals surface area contributed by atoms with Crippen LogP contribution in [0.5, 0.6) is 0 Å². The van der Waals surface area contributed by atoms with Crippen LogP contribution in [-0.2, 0) is 16.1 Å². The average molecular weight is 353 g/mol. The summed E-state index contributed by atoms with van der Waals surface area (Å²) in [6, 6.07) is 9.58. The van der Waals surface area contributed by atoms with Crippen LogP contribution in [0.25, 0.3) is 11.0 Å². The highest BCUT2D eigenvalue weighted by atomic mass is 16.3.